The fourth-order valence-electron chi connectivity index (χ4n) is 6.70. The van der Waals surface area contributed by atoms with Gasteiger partial charge in [0.25, 0.3) is 11.1 Å². The van der Waals surface area contributed by atoms with Crippen molar-refractivity contribution in [3.8, 4) is 0 Å². The van der Waals surface area contributed by atoms with E-state index in [9.17, 15) is 19.2 Å². The van der Waals surface area contributed by atoms with E-state index in [4.69, 9.17) is 9.97 Å². The Kier molecular flexibility index (Phi) is 7.09. The van der Waals surface area contributed by atoms with E-state index < -0.39 is 22.5 Å². The van der Waals surface area contributed by atoms with Gasteiger partial charge in [-0.2, -0.15) is 9.97 Å². The number of hydrogen-bond acceptors (Lipinski definition) is 8. The smallest absolute Gasteiger partial charge is 0.329 e. The summed E-state index contributed by atoms with van der Waals surface area (Å²) in [6, 6.07) is 0. The molecule has 0 unspecified atom stereocenters. The maximum atomic E-state index is 13.2. The van der Waals surface area contributed by atoms with Gasteiger partial charge in [-0.1, -0.05) is 20.8 Å². The molecular formula is C28H40N10O4. The first kappa shape index (κ1) is 28.0. The molecule has 4 aromatic rings. The number of aromatic nitrogens is 8. The lowest BCUT2D eigenvalue weighted by Gasteiger charge is -2.33. The number of aromatic amines is 2. The number of fused-ring (bicyclic) bond motifs is 2. The van der Waals surface area contributed by atoms with Gasteiger partial charge >= 0.3 is 11.4 Å². The highest BCUT2D eigenvalue weighted by molar-refractivity contribution is 5.75. The number of aryl methyl sites for hydroxylation is 2. The zero-order valence-electron chi connectivity index (χ0n) is 25.0. The van der Waals surface area contributed by atoms with Crippen LogP contribution in [0.2, 0.25) is 0 Å². The van der Waals surface area contributed by atoms with Gasteiger partial charge in [-0.3, -0.25) is 28.7 Å². The highest BCUT2D eigenvalue weighted by Gasteiger charge is 2.28. The van der Waals surface area contributed by atoms with Crippen LogP contribution in [0.1, 0.15) is 46.5 Å². The lowest BCUT2D eigenvalue weighted by Crippen LogP contribution is -2.37. The average Bonchev–Trinajstić information content (AvgIpc) is 3.50. The summed E-state index contributed by atoms with van der Waals surface area (Å²) >= 11 is 0. The third-order valence-electron chi connectivity index (χ3n) is 8.84. The maximum Gasteiger partial charge on any atom is 0.329 e. The molecule has 0 saturated carbocycles. The fourth-order valence-corrected chi connectivity index (χ4v) is 6.70. The van der Waals surface area contributed by atoms with E-state index in [2.05, 4.69) is 40.5 Å². The minimum absolute atomic E-state index is 0.0741. The van der Waals surface area contributed by atoms with Gasteiger partial charge in [0.15, 0.2) is 22.3 Å². The number of nitrogens with one attached hydrogen (secondary N) is 2. The first-order valence-electron chi connectivity index (χ1n) is 14.9. The van der Waals surface area contributed by atoms with E-state index in [1.807, 2.05) is 9.13 Å². The van der Waals surface area contributed by atoms with Crippen molar-refractivity contribution in [2.24, 2.45) is 31.8 Å². The number of nitrogens with zero attached hydrogens (tertiary/aromatic N) is 8. The Hall–Kier alpha value is -4.10. The third kappa shape index (κ3) is 4.75. The monoisotopic (exact) mass is 580 g/mol. The Morgan fingerprint density at radius 2 is 1.14 bits per heavy atom. The van der Waals surface area contributed by atoms with Crippen molar-refractivity contribution in [2.75, 3.05) is 36.0 Å². The number of hydrogen-bond donors (Lipinski definition) is 2. The summed E-state index contributed by atoms with van der Waals surface area (Å²) in [6.45, 7) is 10.6. The minimum atomic E-state index is -0.501. The summed E-state index contributed by atoms with van der Waals surface area (Å²) in [5, 5.41) is 0. The molecule has 0 aromatic carbocycles. The quantitative estimate of drug-likeness (QED) is 0.342. The number of rotatable bonds is 6. The minimum Gasteiger partial charge on any atom is -0.342 e. The normalized spacial score (nSPS) is 20.0. The number of H-pyrrole nitrogens is 2. The molecular weight excluding hydrogens is 540 g/mol. The van der Waals surface area contributed by atoms with Crippen LogP contribution in [0.4, 0.5) is 11.9 Å². The standard InChI is InChI=1S/C28H40N10O4/c1-16-8-6-10-35(12-16)25-29-21-19(23(39)31-27(41)33(21)4)37(25)14-18(3)15-38-20-22(34(5)28(42)32-24(20)40)30-26(38)36-11-7-9-17(2)13-36/h16-18H,6-15H2,1-5H3,(H,31,39,41)(H,32,40,42)/t16-,17-/m1/s1. The van der Waals surface area contributed by atoms with Gasteiger partial charge in [0, 0.05) is 53.4 Å². The van der Waals surface area contributed by atoms with Crippen LogP contribution >= 0.6 is 0 Å². The molecule has 0 spiro atoms. The van der Waals surface area contributed by atoms with Crippen LogP contribution in [0.5, 0.6) is 0 Å². The van der Waals surface area contributed by atoms with Crippen LogP contribution in [0.15, 0.2) is 19.2 Å². The molecule has 14 heteroatoms. The first-order chi connectivity index (χ1) is 20.0. The van der Waals surface area contributed by atoms with Crippen LogP contribution in [-0.2, 0) is 27.2 Å². The third-order valence-corrected chi connectivity index (χ3v) is 8.84. The van der Waals surface area contributed by atoms with Gasteiger partial charge in [-0.05, 0) is 43.4 Å². The molecule has 14 nitrogen and oxygen atoms in total. The Labute approximate surface area is 241 Å². The second-order valence-electron chi connectivity index (χ2n) is 12.5. The Balaban J connectivity index is 1.45. The molecule has 2 aliphatic rings. The molecule has 2 saturated heterocycles. The number of imidazole rings is 2. The summed E-state index contributed by atoms with van der Waals surface area (Å²) in [5.41, 5.74) is -0.509. The van der Waals surface area contributed by atoms with Crippen molar-refractivity contribution in [3.63, 3.8) is 0 Å². The molecule has 0 bridgehead atoms. The maximum absolute atomic E-state index is 13.2. The van der Waals surface area contributed by atoms with Gasteiger partial charge in [0.05, 0.1) is 0 Å². The predicted molar refractivity (Wildman–Crippen MR) is 162 cm³/mol. The predicted octanol–water partition coefficient (Wildman–Crippen LogP) is 0.969. The van der Waals surface area contributed by atoms with E-state index in [1.54, 1.807) is 14.1 Å². The van der Waals surface area contributed by atoms with Crippen LogP contribution in [0.3, 0.4) is 0 Å². The van der Waals surface area contributed by atoms with Crippen LogP contribution in [0.25, 0.3) is 22.3 Å². The number of anilines is 2. The van der Waals surface area contributed by atoms with Crippen LogP contribution < -0.4 is 32.3 Å². The molecule has 2 aliphatic heterocycles. The fraction of sp³-hybridized carbons (Fsp3) is 0.643. The lowest BCUT2D eigenvalue weighted by molar-refractivity contribution is 0.402. The molecule has 42 heavy (non-hydrogen) atoms. The van der Waals surface area contributed by atoms with Crippen molar-refractivity contribution in [3.05, 3.63) is 41.7 Å². The van der Waals surface area contributed by atoms with Crippen molar-refractivity contribution in [1.29, 1.82) is 0 Å². The van der Waals surface area contributed by atoms with E-state index in [0.29, 0.717) is 59.1 Å². The second-order valence-corrected chi connectivity index (χ2v) is 12.5. The van der Waals surface area contributed by atoms with Crippen molar-refractivity contribution >= 4 is 34.2 Å². The van der Waals surface area contributed by atoms with Crippen molar-refractivity contribution in [1.82, 2.24) is 38.2 Å². The summed E-state index contributed by atoms with van der Waals surface area (Å²) in [7, 11) is 3.23. The highest BCUT2D eigenvalue weighted by Crippen LogP contribution is 2.29. The zero-order valence-corrected chi connectivity index (χ0v) is 25.0. The van der Waals surface area contributed by atoms with Crippen molar-refractivity contribution < 1.29 is 0 Å². The molecule has 0 aliphatic carbocycles. The molecule has 226 valence electrons. The second kappa shape index (κ2) is 10.6. The van der Waals surface area contributed by atoms with Crippen molar-refractivity contribution in [2.45, 2.75) is 59.5 Å². The summed E-state index contributed by atoms with van der Waals surface area (Å²) in [4.78, 5) is 70.1. The topological polar surface area (TPSA) is 152 Å². The molecule has 6 rings (SSSR count). The van der Waals surface area contributed by atoms with E-state index in [0.717, 1.165) is 51.9 Å². The Morgan fingerprint density at radius 3 is 1.52 bits per heavy atom. The van der Waals surface area contributed by atoms with E-state index in [-0.39, 0.29) is 5.92 Å². The summed E-state index contributed by atoms with van der Waals surface area (Å²) in [6.07, 6.45) is 4.31. The number of piperidine rings is 2. The van der Waals surface area contributed by atoms with Gasteiger partial charge in [0.2, 0.25) is 11.9 Å². The van der Waals surface area contributed by atoms with Gasteiger partial charge in [-0.25, -0.2) is 9.59 Å². The Morgan fingerprint density at radius 1 is 0.738 bits per heavy atom. The van der Waals surface area contributed by atoms with E-state index in [1.165, 1.54) is 9.13 Å². The summed E-state index contributed by atoms with van der Waals surface area (Å²) < 4.78 is 6.62. The van der Waals surface area contributed by atoms with Crippen LogP contribution in [0, 0.1) is 17.8 Å². The lowest BCUT2D eigenvalue weighted by atomic mass is 10.0. The average molecular weight is 581 g/mol. The van der Waals surface area contributed by atoms with E-state index >= 15 is 0 Å². The van der Waals surface area contributed by atoms with Gasteiger partial charge in [-0.15, -0.1) is 0 Å². The highest BCUT2D eigenvalue weighted by atomic mass is 16.2. The van der Waals surface area contributed by atoms with Gasteiger partial charge < -0.3 is 18.9 Å². The van der Waals surface area contributed by atoms with Gasteiger partial charge in [0.1, 0.15) is 0 Å². The molecule has 2 atom stereocenters. The molecule has 2 N–H and O–H groups in total. The Bertz CT molecular complexity index is 1750. The summed E-state index contributed by atoms with van der Waals surface area (Å²) in [5.74, 6) is 2.25. The largest absolute Gasteiger partial charge is 0.342 e. The molecule has 0 amide bonds. The molecule has 4 aromatic heterocycles. The first-order valence-corrected chi connectivity index (χ1v) is 14.9. The molecule has 6 heterocycles. The van der Waals surface area contributed by atoms with Crippen LogP contribution in [-0.4, -0.2) is 64.4 Å². The molecule has 0 radical (unpaired) electrons. The molecule has 2 fully saturated rings. The zero-order chi connectivity index (χ0) is 29.9. The SMILES string of the molecule is CC(Cn1c(N2CCC[C@@H](C)C2)nc2c1c(=O)[nH]c(=O)n2C)Cn1c(N2CCC[C@@H](C)C2)nc2c1c(=O)[nH]c(=O)n2C.